The van der Waals surface area contributed by atoms with E-state index in [0.717, 1.165) is 34.6 Å². The Labute approximate surface area is 144 Å². The number of fused-ring (bicyclic) bond motifs is 1. The number of amides is 1. The van der Waals surface area contributed by atoms with Gasteiger partial charge in [0.2, 0.25) is 5.91 Å². The van der Waals surface area contributed by atoms with Crippen LogP contribution in [-0.4, -0.2) is 24.1 Å². The van der Waals surface area contributed by atoms with Crippen LogP contribution in [0.25, 0.3) is 20.8 Å². The summed E-state index contributed by atoms with van der Waals surface area (Å²) in [6.45, 7) is 1.34. The third-order valence-corrected chi connectivity index (χ3v) is 5.35. The number of carbonyl (C=O) groups excluding carboxylic acids is 1. The molecule has 1 N–H and O–H groups in total. The molecule has 0 bridgehead atoms. The average molecular weight is 338 g/mol. The molecule has 0 saturated carbocycles. The minimum Gasteiger partial charge on any atom is -0.381 e. The predicted octanol–water partition coefficient (Wildman–Crippen LogP) is 4.33. The summed E-state index contributed by atoms with van der Waals surface area (Å²) >= 11 is 1.67. The number of hydrogen-bond donors (Lipinski definition) is 1. The van der Waals surface area contributed by atoms with Gasteiger partial charge in [-0.1, -0.05) is 24.3 Å². The van der Waals surface area contributed by atoms with E-state index >= 15 is 0 Å². The van der Waals surface area contributed by atoms with Gasteiger partial charge in [-0.05, 0) is 37.1 Å². The summed E-state index contributed by atoms with van der Waals surface area (Å²) in [5, 5.41) is 4.01. The Balaban J connectivity index is 1.55. The van der Waals surface area contributed by atoms with Gasteiger partial charge in [0.15, 0.2) is 0 Å². The van der Waals surface area contributed by atoms with Crippen molar-refractivity contribution in [3.05, 3.63) is 48.5 Å². The van der Waals surface area contributed by atoms with Crippen LogP contribution in [0.15, 0.2) is 48.5 Å². The summed E-state index contributed by atoms with van der Waals surface area (Å²) in [6.07, 6.45) is 1.59. The van der Waals surface area contributed by atoms with Crippen molar-refractivity contribution in [3.8, 4) is 10.6 Å². The summed E-state index contributed by atoms with van der Waals surface area (Å²) in [6, 6.07) is 16.0. The SMILES string of the molecule is O=C(Nc1cccc(-c2nc3ccccc3s2)c1)C1CCOCC1. The summed E-state index contributed by atoms with van der Waals surface area (Å²) in [4.78, 5) is 17.1. The fourth-order valence-corrected chi connectivity index (χ4v) is 3.89. The number of anilines is 1. The molecule has 5 heteroatoms. The molecule has 122 valence electrons. The van der Waals surface area contributed by atoms with E-state index in [1.165, 1.54) is 4.70 Å². The largest absolute Gasteiger partial charge is 0.381 e. The highest BCUT2D eigenvalue weighted by Gasteiger charge is 2.21. The zero-order valence-electron chi connectivity index (χ0n) is 13.2. The van der Waals surface area contributed by atoms with Crippen molar-refractivity contribution in [1.29, 1.82) is 0 Å². The molecule has 1 aliphatic heterocycles. The first-order valence-corrected chi connectivity index (χ1v) is 8.96. The van der Waals surface area contributed by atoms with Gasteiger partial charge >= 0.3 is 0 Å². The molecule has 1 aromatic heterocycles. The molecule has 1 saturated heterocycles. The molecule has 0 radical (unpaired) electrons. The van der Waals surface area contributed by atoms with E-state index in [9.17, 15) is 4.79 Å². The van der Waals surface area contributed by atoms with Gasteiger partial charge < -0.3 is 10.1 Å². The molecule has 4 rings (SSSR count). The van der Waals surface area contributed by atoms with Crippen LogP contribution in [0.4, 0.5) is 5.69 Å². The Morgan fingerprint density at radius 3 is 2.79 bits per heavy atom. The summed E-state index contributed by atoms with van der Waals surface area (Å²) in [5.41, 5.74) is 2.86. The minimum atomic E-state index is 0.0462. The van der Waals surface area contributed by atoms with Crippen molar-refractivity contribution in [1.82, 2.24) is 4.98 Å². The van der Waals surface area contributed by atoms with E-state index < -0.39 is 0 Å². The molecule has 2 heterocycles. The molecule has 1 fully saturated rings. The lowest BCUT2D eigenvalue weighted by molar-refractivity contribution is -0.122. The van der Waals surface area contributed by atoms with Crippen LogP contribution in [0, 0.1) is 5.92 Å². The molecule has 24 heavy (non-hydrogen) atoms. The monoisotopic (exact) mass is 338 g/mol. The van der Waals surface area contributed by atoms with Crippen molar-refractivity contribution >= 4 is 33.1 Å². The number of rotatable bonds is 3. The highest BCUT2D eigenvalue weighted by molar-refractivity contribution is 7.21. The number of hydrogen-bond acceptors (Lipinski definition) is 4. The number of ether oxygens (including phenoxy) is 1. The molecule has 2 aromatic carbocycles. The highest BCUT2D eigenvalue weighted by atomic mass is 32.1. The second-order valence-corrected chi connectivity index (χ2v) is 6.97. The second-order valence-electron chi connectivity index (χ2n) is 5.94. The fraction of sp³-hybridized carbons (Fsp3) is 0.263. The normalized spacial score (nSPS) is 15.5. The van der Waals surface area contributed by atoms with Crippen LogP contribution >= 0.6 is 11.3 Å². The van der Waals surface area contributed by atoms with E-state index in [1.807, 2.05) is 42.5 Å². The van der Waals surface area contributed by atoms with Crippen LogP contribution in [-0.2, 0) is 9.53 Å². The van der Waals surface area contributed by atoms with E-state index in [2.05, 4.69) is 16.4 Å². The van der Waals surface area contributed by atoms with E-state index in [0.29, 0.717) is 13.2 Å². The van der Waals surface area contributed by atoms with Gasteiger partial charge in [0.25, 0.3) is 0 Å². The molecular weight excluding hydrogens is 320 g/mol. The Kier molecular flexibility index (Phi) is 4.28. The molecule has 0 aliphatic carbocycles. The quantitative estimate of drug-likeness (QED) is 0.773. The van der Waals surface area contributed by atoms with Crippen LogP contribution < -0.4 is 5.32 Å². The first-order chi connectivity index (χ1) is 11.8. The number of nitrogens with one attached hydrogen (secondary N) is 1. The number of carbonyl (C=O) groups is 1. The fourth-order valence-electron chi connectivity index (χ4n) is 2.93. The van der Waals surface area contributed by atoms with Gasteiger partial charge in [-0.15, -0.1) is 11.3 Å². The van der Waals surface area contributed by atoms with Crippen molar-refractivity contribution in [3.63, 3.8) is 0 Å². The maximum atomic E-state index is 12.4. The first kappa shape index (κ1) is 15.3. The third kappa shape index (κ3) is 3.18. The summed E-state index contributed by atoms with van der Waals surface area (Å²) < 4.78 is 6.49. The molecule has 1 aliphatic rings. The minimum absolute atomic E-state index is 0.0462. The van der Waals surface area contributed by atoms with Crippen molar-refractivity contribution in [2.45, 2.75) is 12.8 Å². The Bertz CT molecular complexity index is 835. The number of benzene rings is 2. The maximum Gasteiger partial charge on any atom is 0.227 e. The molecule has 3 aromatic rings. The standard InChI is InChI=1S/C19H18N2O2S/c22-18(13-8-10-23-11-9-13)20-15-5-3-4-14(12-15)19-21-16-6-1-2-7-17(16)24-19/h1-7,12-13H,8-11H2,(H,20,22). The van der Waals surface area contributed by atoms with Gasteiger partial charge in [-0.25, -0.2) is 4.98 Å². The zero-order valence-corrected chi connectivity index (χ0v) is 14.0. The Morgan fingerprint density at radius 1 is 1.12 bits per heavy atom. The van der Waals surface area contributed by atoms with Crippen LogP contribution in [0.3, 0.4) is 0 Å². The van der Waals surface area contributed by atoms with Gasteiger partial charge in [0.05, 0.1) is 10.2 Å². The Morgan fingerprint density at radius 2 is 1.96 bits per heavy atom. The van der Waals surface area contributed by atoms with Gasteiger partial charge in [0.1, 0.15) is 5.01 Å². The van der Waals surface area contributed by atoms with Crippen LogP contribution in [0.2, 0.25) is 0 Å². The zero-order chi connectivity index (χ0) is 16.4. The second kappa shape index (κ2) is 6.71. The molecule has 4 nitrogen and oxygen atoms in total. The Hall–Kier alpha value is -2.24. The van der Waals surface area contributed by atoms with Crippen LogP contribution in [0.1, 0.15) is 12.8 Å². The lowest BCUT2D eigenvalue weighted by Gasteiger charge is -2.21. The lowest BCUT2D eigenvalue weighted by Crippen LogP contribution is -2.28. The molecule has 0 unspecified atom stereocenters. The molecule has 0 spiro atoms. The van der Waals surface area contributed by atoms with E-state index in [-0.39, 0.29) is 11.8 Å². The lowest BCUT2D eigenvalue weighted by atomic mass is 9.99. The summed E-state index contributed by atoms with van der Waals surface area (Å²) in [5.74, 6) is 0.129. The van der Waals surface area contributed by atoms with Crippen LogP contribution in [0.5, 0.6) is 0 Å². The van der Waals surface area contributed by atoms with Gasteiger partial charge in [0, 0.05) is 30.4 Å². The molecular formula is C19H18N2O2S. The smallest absolute Gasteiger partial charge is 0.227 e. The topological polar surface area (TPSA) is 51.2 Å². The highest BCUT2D eigenvalue weighted by Crippen LogP contribution is 2.31. The third-order valence-electron chi connectivity index (χ3n) is 4.26. The number of aromatic nitrogens is 1. The van der Waals surface area contributed by atoms with E-state index in [4.69, 9.17) is 4.74 Å². The molecule has 1 amide bonds. The van der Waals surface area contributed by atoms with Crippen molar-refractivity contribution in [2.24, 2.45) is 5.92 Å². The van der Waals surface area contributed by atoms with Crippen molar-refractivity contribution in [2.75, 3.05) is 18.5 Å². The first-order valence-electron chi connectivity index (χ1n) is 8.14. The summed E-state index contributed by atoms with van der Waals surface area (Å²) in [7, 11) is 0. The van der Waals surface area contributed by atoms with Crippen molar-refractivity contribution < 1.29 is 9.53 Å². The average Bonchev–Trinajstić information content (AvgIpc) is 3.07. The number of para-hydroxylation sites is 1. The van der Waals surface area contributed by atoms with Gasteiger partial charge in [-0.3, -0.25) is 4.79 Å². The van der Waals surface area contributed by atoms with Gasteiger partial charge in [-0.2, -0.15) is 0 Å². The predicted molar refractivity (Wildman–Crippen MR) is 97.2 cm³/mol. The maximum absolute atomic E-state index is 12.4. The number of nitrogens with zero attached hydrogens (tertiary/aromatic N) is 1. The number of thiazole rings is 1. The van der Waals surface area contributed by atoms with E-state index in [1.54, 1.807) is 11.3 Å². The molecule has 0 atom stereocenters.